The molecule has 1 saturated heterocycles. The molecule has 2 atom stereocenters. The zero-order chi connectivity index (χ0) is 16.7. The van der Waals surface area contributed by atoms with Gasteiger partial charge in [0.2, 0.25) is 0 Å². The third kappa shape index (κ3) is 2.95. The Hall–Kier alpha value is -1.95. The molecule has 0 spiro atoms. The van der Waals surface area contributed by atoms with Crippen LogP contribution in [0.3, 0.4) is 0 Å². The molecule has 0 radical (unpaired) electrons. The molecule has 2 aromatic rings. The number of nitrogens with one attached hydrogen (secondary N) is 1. The van der Waals surface area contributed by atoms with Crippen molar-refractivity contribution in [3.05, 3.63) is 38.9 Å². The first kappa shape index (κ1) is 15.9. The molecule has 6 heteroatoms. The molecular weight excluding hydrogens is 310 g/mol. The first-order valence-electron chi connectivity index (χ1n) is 7.89. The number of hydrogen-bond donors (Lipinski definition) is 1. The Bertz CT molecular complexity index is 874. The monoisotopic (exact) mass is 331 g/mol. The highest BCUT2D eigenvalue weighted by Crippen LogP contribution is 2.23. The van der Waals surface area contributed by atoms with Crippen molar-refractivity contribution in [2.24, 2.45) is 18.9 Å². The fourth-order valence-electron chi connectivity index (χ4n) is 3.45. The van der Waals surface area contributed by atoms with Crippen molar-refractivity contribution in [3.8, 4) is 0 Å². The van der Waals surface area contributed by atoms with Gasteiger partial charge in [-0.15, -0.1) is 0 Å². The van der Waals surface area contributed by atoms with Crippen LogP contribution >= 0.6 is 12.2 Å². The molecule has 1 N–H and O–H groups in total. The molecule has 2 heterocycles. The Morgan fingerprint density at radius 1 is 1.26 bits per heavy atom. The van der Waals surface area contributed by atoms with E-state index in [1.165, 1.54) is 4.57 Å². The first-order valence-corrected chi connectivity index (χ1v) is 8.30. The largest absolute Gasteiger partial charge is 0.338 e. The molecule has 23 heavy (non-hydrogen) atoms. The third-order valence-electron chi connectivity index (χ3n) is 4.50. The number of likely N-dealkylation sites (tertiary alicyclic amines) is 1. The molecule has 5 nitrogen and oxygen atoms in total. The highest BCUT2D eigenvalue weighted by molar-refractivity contribution is 7.71. The maximum atomic E-state index is 12.8. The van der Waals surface area contributed by atoms with Crippen molar-refractivity contribution < 1.29 is 4.79 Å². The van der Waals surface area contributed by atoms with Gasteiger partial charge in [0.05, 0.1) is 10.9 Å². The van der Waals surface area contributed by atoms with E-state index in [9.17, 15) is 9.59 Å². The highest BCUT2D eigenvalue weighted by Gasteiger charge is 2.26. The number of H-pyrrole nitrogens is 1. The zero-order valence-electron chi connectivity index (χ0n) is 13.6. The molecule has 1 amide bonds. The van der Waals surface area contributed by atoms with E-state index >= 15 is 0 Å². The van der Waals surface area contributed by atoms with Gasteiger partial charge in [-0.1, -0.05) is 13.8 Å². The molecule has 0 unspecified atom stereocenters. The summed E-state index contributed by atoms with van der Waals surface area (Å²) < 4.78 is 1.75. The summed E-state index contributed by atoms with van der Waals surface area (Å²) in [5, 5.41) is 0.540. The summed E-state index contributed by atoms with van der Waals surface area (Å²) in [5.41, 5.74) is 1.06. The van der Waals surface area contributed by atoms with E-state index in [0.717, 1.165) is 19.5 Å². The molecule has 0 saturated carbocycles. The predicted molar refractivity (Wildman–Crippen MR) is 93.2 cm³/mol. The third-order valence-corrected chi connectivity index (χ3v) is 4.88. The number of hydrogen-bond acceptors (Lipinski definition) is 3. The molecule has 122 valence electrons. The van der Waals surface area contributed by atoms with Gasteiger partial charge >= 0.3 is 0 Å². The van der Waals surface area contributed by atoms with Crippen molar-refractivity contribution in [2.45, 2.75) is 20.3 Å². The second-order valence-corrected chi connectivity index (χ2v) is 7.10. The van der Waals surface area contributed by atoms with Gasteiger partial charge in [0.15, 0.2) is 4.77 Å². The molecule has 1 aliphatic heterocycles. The Morgan fingerprint density at radius 3 is 2.57 bits per heavy atom. The quantitative estimate of drug-likeness (QED) is 0.818. The van der Waals surface area contributed by atoms with Crippen LogP contribution in [0.1, 0.15) is 30.6 Å². The van der Waals surface area contributed by atoms with Crippen LogP contribution in [0.5, 0.6) is 0 Å². The molecule has 0 bridgehead atoms. The SMILES string of the molecule is C[C@@H]1C[C@@H](C)CN(C(=O)c2ccc3c(=O)n(C)c(=S)[nH]c3c2)C1. The van der Waals surface area contributed by atoms with Gasteiger partial charge in [0.25, 0.3) is 11.5 Å². The summed E-state index contributed by atoms with van der Waals surface area (Å²) in [6, 6.07) is 5.17. The molecule has 1 aromatic heterocycles. The lowest BCUT2D eigenvalue weighted by Crippen LogP contribution is -2.42. The van der Waals surface area contributed by atoms with Gasteiger partial charge in [-0.05, 0) is 48.7 Å². The number of aromatic nitrogens is 2. The number of fused-ring (bicyclic) bond motifs is 1. The van der Waals surface area contributed by atoms with Crippen LogP contribution in [0, 0.1) is 16.6 Å². The van der Waals surface area contributed by atoms with E-state index in [-0.39, 0.29) is 11.5 Å². The minimum atomic E-state index is -0.150. The van der Waals surface area contributed by atoms with Crippen LogP contribution < -0.4 is 5.56 Å². The van der Waals surface area contributed by atoms with E-state index in [1.54, 1.807) is 25.2 Å². The van der Waals surface area contributed by atoms with Crippen molar-refractivity contribution in [1.82, 2.24) is 14.5 Å². The summed E-state index contributed by atoms with van der Waals surface area (Å²) in [7, 11) is 1.64. The van der Waals surface area contributed by atoms with Gasteiger partial charge in [-0.2, -0.15) is 0 Å². The van der Waals surface area contributed by atoms with Gasteiger partial charge < -0.3 is 9.88 Å². The number of aromatic amines is 1. The van der Waals surface area contributed by atoms with Crippen molar-refractivity contribution in [2.75, 3.05) is 13.1 Å². The summed E-state index contributed by atoms with van der Waals surface area (Å²) in [6.07, 6.45) is 1.16. The molecule has 1 aliphatic rings. The van der Waals surface area contributed by atoms with Gasteiger partial charge in [0.1, 0.15) is 0 Å². The van der Waals surface area contributed by atoms with Crippen molar-refractivity contribution in [1.29, 1.82) is 0 Å². The molecule has 1 aromatic carbocycles. The normalized spacial score (nSPS) is 21.6. The summed E-state index contributed by atoms with van der Waals surface area (Å²) in [5.74, 6) is 1.05. The van der Waals surface area contributed by atoms with Crippen LogP contribution in [-0.4, -0.2) is 33.4 Å². The standard InChI is InChI=1S/C17H21N3O2S/c1-10-6-11(2)9-20(8-10)15(21)12-4-5-13-14(7-12)18-17(23)19(3)16(13)22/h4-5,7,10-11H,6,8-9H2,1-3H3,(H,18,23)/t10-,11-/m1/s1. The van der Waals surface area contributed by atoms with Crippen LogP contribution in [0.15, 0.2) is 23.0 Å². The Morgan fingerprint density at radius 2 is 1.91 bits per heavy atom. The molecule has 0 aliphatic carbocycles. The number of carbonyl (C=O) groups is 1. The first-order chi connectivity index (χ1) is 10.9. The number of rotatable bonds is 1. The van der Waals surface area contributed by atoms with Crippen molar-refractivity contribution >= 4 is 29.0 Å². The fraction of sp³-hybridized carbons (Fsp3) is 0.471. The smallest absolute Gasteiger partial charge is 0.261 e. The maximum Gasteiger partial charge on any atom is 0.261 e. The minimum Gasteiger partial charge on any atom is -0.338 e. The van der Waals surface area contributed by atoms with E-state index in [2.05, 4.69) is 18.8 Å². The van der Waals surface area contributed by atoms with Crippen LogP contribution in [0.4, 0.5) is 0 Å². The van der Waals surface area contributed by atoms with E-state index in [0.29, 0.717) is 33.1 Å². The van der Waals surface area contributed by atoms with Crippen LogP contribution in [0.2, 0.25) is 0 Å². The minimum absolute atomic E-state index is 0.0188. The summed E-state index contributed by atoms with van der Waals surface area (Å²) in [4.78, 5) is 29.9. The number of nitrogens with zero attached hydrogens (tertiary/aromatic N) is 2. The number of piperidine rings is 1. The van der Waals surface area contributed by atoms with Gasteiger partial charge in [-0.3, -0.25) is 14.2 Å². The van der Waals surface area contributed by atoms with E-state index in [4.69, 9.17) is 12.2 Å². The van der Waals surface area contributed by atoms with Gasteiger partial charge in [0, 0.05) is 25.7 Å². The van der Waals surface area contributed by atoms with Gasteiger partial charge in [-0.25, -0.2) is 0 Å². The Balaban J connectivity index is 2.00. The van der Waals surface area contributed by atoms with Crippen LogP contribution in [0.25, 0.3) is 10.9 Å². The molecule has 3 rings (SSSR count). The Labute approximate surface area is 139 Å². The Kier molecular flexibility index (Phi) is 4.10. The summed E-state index contributed by atoms with van der Waals surface area (Å²) in [6.45, 7) is 5.93. The lowest BCUT2D eigenvalue weighted by atomic mass is 9.91. The number of carbonyl (C=O) groups excluding carboxylic acids is 1. The maximum absolute atomic E-state index is 12.8. The summed E-state index contributed by atoms with van der Waals surface area (Å²) >= 11 is 5.15. The average Bonchev–Trinajstić information content (AvgIpc) is 2.50. The second kappa shape index (κ2) is 5.92. The lowest BCUT2D eigenvalue weighted by Gasteiger charge is -2.35. The number of amides is 1. The van der Waals surface area contributed by atoms with E-state index < -0.39 is 0 Å². The topological polar surface area (TPSA) is 58.1 Å². The van der Waals surface area contributed by atoms with Crippen molar-refractivity contribution in [3.63, 3.8) is 0 Å². The zero-order valence-corrected chi connectivity index (χ0v) is 14.4. The molecule has 1 fully saturated rings. The fourth-order valence-corrected chi connectivity index (χ4v) is 3.64. The van der Waals surface area contributed by atoms with Crippen LogP contribution in [-0.2, 0) is 7.05 Å². The average molecular weight is 331 g/mol. The lowest BCUT2D eigenvalue weighted by molar-refractivity contribution is 0.0623. The predicted octanol–water partition coefficient (Wildman–Crippen LogP) is 2.71. The number of benzene rings is 1. The molecular formula is C17H21N3O2S. The van der Waals surface area contributed by atoms with E-state index in [1.807, 2.05) is 4.90 Å². The highest BCUT2D eigenvalue weighted by atomic mass is 32.1. The second-order valence-electron chi connectivity index (χ2n) is 6.71.